The van der Waals surface area contributed by atoms with Crippen LogP contribution in [-0.2, 0) is 19.1 Å². The maximum atomic E-state index is 11.6. The molecule has 0 saturated heterocycles. The highest BCUT2D eigenvalue weighted by atomic mass is 16.5. The Hall–Kier alpha value is -1.58. The van der Waals surface area contributed by atoms with Crippen molar-refractivity contribution in [3.8, 4) is 0 Å². The van der Waals surface area contributed by atoms with Gasteiger partial charge in [-0.2, -0.15) is 0 Å². The van der Waals surface area contributed by atoms with Crippen molar-refractivity contribution in [3.63, 3.8) is 0 Å². The Morgan fingerprint density at radius 3 is 1.42 bits per heavy atom. The fourth-order valence-corrected chi connectivity index (χ4v) is 3.29. The third kappa shape index (κ3) is 24.6. The molecule has 0 aliphatic carbocycles. The minimum Gasteiger partial charge on any atom is -0.463 e. The van der Waals surface area contributed by atoms with E-state index >= 15 is 0 Å². The van der Waals surface area contributed by atoms with Gasteiger partial charge in [0.2, 0.25) is 0 Å². The first-order valence-corrected chi connectivity index (χ1v) is 12.9. The van der Waals surface area contributed by atoms with Crippen LogP contribution in [0, 0.1) is 0 Å². The molecule has 0 aromatic rings. The molecular formula is C27H48O4. The van der Waals surface area contributed by atoms with Crippen molar-refractivity contribution in [2.24, 2.45) is 0 Å². The van der Waals surface area contributed by atoms with E-state index in [2.05, 4.69) is 26.0 Å². The third-order valence-electron chi connectivity index (χ3n) is 5.25. The predicted molar refractivity (Wildman–Crippen MR) is 130 cm³/mol. The highest BCUT2D eigenvalue weighted by molar-refractivity contribution is 5.91. The van der Waals surface area contributed by atoms with Crippen LogP contribution in [0.25, 0.3) is 0 Å². The maximum Gasteiger partial charge on any atom is 0.331 e. The third-order valence-corrected chi connectivity index (χ3v) is 5.25. The van der Waals surface area contributed by atoms with Gasteiger partial charge in [-0.05, 0) is 32.1 Å². The predicted octanol–water partition coefficient (Wildman–Crippen LogP) is 7.86. The number of allylic oxidation sites excluding steroid dienone is 2. The molecule has 0 aliphatic heterocycles. The topological polar surface area (TPSA) is 52.6 Å². The van der Waals surface area contributed by atoms with Gasteiger partial charge in [0.25, 0.3) is 0 Å². The molecule has 0 aromatic heterocycles. The number of ether oxygens (including phenoxy) is 2. The van der Waals surface area contributed by atoms with Crippen LogP contribution in [0.15, 0.2) is 24.3 Å². The monoisotopic (exact) mass is 436 g/mol. The summed E-state index contributed by atoms with van der Waals surface area (Å²) in [6.07, 6.45) is 27.1. The molecule has 0 aromatic carbocycles. The fraction of sp³-hybridized carbons (Fsp3) is 0.778. The lowest BCUT2D eigenvalue weighted by molar-refractivity contribution is -0.140. The van der Waals surface area contributed by atoms with Gasteiger partial charge >= 0.3 is 11.9 Å². The average Bonchev–Trinajstić information content (AvgIpc) is 2.77. The minimum absolute atomic E-state index is 0.371. The normalized spacial score (nSPS) is 11.4. The van der Waals surface area contributed by atoms with Gasteiger partial charge in [-0.25, -0.2) is 9.59 Å². The minimum atomic E-state index is -0.487. The molecule has 0 saturated carbocycles. The molecule has 0 fully saturated rings. The van der Waals surface area contributed by atoms with Crippen LogP contribution in [0.3, 0.4) is 0 Å². The first-order valence-electron chi connectivity index (χ1n) is 12.9. The van der Waals surface area contributed by atoms with E-state index in [1.165, 1.54) is 77.0 Å². The van der Waals surface area contributed by atoms with Gasteiger partial charge in [-0.15, -0.1) is 0 Å². The molecule has 4 nitrogen and oxygen atoms in total. The average molecular weight is 437 g/mol. The van der Waals surface area contributed by atoms with E-state index in [0.717, 1.165) is 44.3 Å². The Morgan fingerprint density at radius 1 is 0.516 bits per heavy atom. The smallest absolute Gasteiger partial charge is 0.331 e. The van der Waals surface area contributed by atoms with Gasteiger partial charge in [0, 0.05) is 12.2 Å². The van der Waals surface area contributed by atoms with Crippen LogP contribution in [0.1, 0.15) is 123 Å². The molecule has 180 valence electrons. The molecule has 0 radical (unpaired) electrons. The van der Waals surface area contributed by atoms with E-state index in [9.17, 15) is 9.59 Å². The van der Waals surface area contributed by atoms with E-state index in [-0.39, 0.29) is 0 Å². The lowest BCUT2D eigenvalue weighted by atomic mass is 10.1. The molecule has 0 rings (SSSR count). The summed E-state index contributed by atoms with van der Waals surface area (Å²) in [6, 6.07) is 0. The summed E-state index contributed by atoms with van der Waals surface area (Å²) < 4.78 is 10.2. The zero-order chi connectivity index (χ0) is 22.8. The second kappa shape index (κ2) is 24.7. The Bertz CT molecular complexity index is 468. The zero-order valence-electron chi connectivity index (χ0n) is 20.4. The van der Waals surface area contributed by atoms with Crippen molar-refractivity contribution >= 4 is 11.9 Å². The number of rotatable bonds is 22. The summed E-state index contributed by atoms with van der Waals surface area (Å²) in [5, 5.41) is 0. The highest BCUT2D eigenvalue weighted by Crippen LogP contribution is 2.11. The molecule has 31 heavy (non-hydrogen) atoms. The van der Waals surface area contributed by atoms with Crippen molar-refractivity contribution in [3.05, 3.63) is 24.3 Å². The van der Waals surface area contributed by atoms with E-state index in [1.54, 1.807) is 0 Å². The van der Waals surface area contributed by atoms with Crippen molar-refractivity contribution in [1.82, 2.24) is 0 Å². The number of esters is 2. The van der Waals surface area contributed by atoms with Crippen LogP contribution < -0.4 is 0 Å². The van der Waals surface area contributed by atoms with Crippen molar-refractivity contribution < 1.29 is 19.1 Å². The fourth-order valence-electron chi connectivity index (χ4n) is 3.29. The number of carbonyl (C=O) groups is 2. The summed E-state index contributed by atoms with van der Waals surface area (Å²) in [7, 11) is 0. The SMILES string of the molecule is CCCCC/C=C/CCCOC(=O)/C=C/C(=O)OCCCCCCCCCCCCC. The maximum absolute atomic E-state index is 11.6. The van der Waals surface area contributed by atoms with Crippen LogP contribution in [0.4, 0.5) is 0 Å². The van der Waals surface area contributed by atoms with E-state index in [4.69, 9.17) is 9.47 Å². The van der Waals surface area contributed by atoms with Crippen LogP contribution in [0.5, 0.6) is 0 Å². The number of hydrogen-bond acceptors (Lipinski definition) is 4. The summed E-state index contributed by atoms with van der Waals surface area (Å²) in [5.74, 6) is -0.961. The Morgan fingerprint density at radius 2 is 0.903 bits per heavy atom. The standard InChI is InChI=1S/C27H48O4/c1-3-5-7-9-11-13-14-15-17-19-21-25-31-27(29)23-22-26(28)30-24-20-18-16-12-10-8-6-4-2/h12,16,22-23H,3-11,13-15,17-21,24-25H2,1-2H3/b16-12+,23-22+. The molecule has 0 aliphatic rings. The lowest BCUT2D eigenvalue weighted by Crippen LogP contribution is -2.06. The first-order chi connectivity index (χ1) is 15.2. The second-order valence-electron chi connectivity index (χ2n) is 8.31. The first kappa shape index (κ1) is 29.4. The van der Waals surface area contributed by atoms with Gasteiger partial charge in [0.1, 0.15) is 0 Å². The van der Waals surface area contributed by atoms with Gasteiger partial charge in [0.15, 0.2) is 0 Å². The molecule has 4 heteroatoms. The van der Waals surface area contributed by atoms with E-state index in [1.807, 2.05) is 0 Å². The molecule has 0 N–H and O–H groups in total. The number of hydrogen-bond donors (Lipinski definition) is 0. The van der Waals surface area contributed by atoms with Gasteiger partial charge in [0.05, 0.1) is 13.2 Å². The van der Waals surface area contributed by atoms with Crippen molar-refractivity contribution in [2.45, 2.75) is 123 Å². The summed E-state index contributed by atoms with van der Waals surface area (Å²) in [4.78, 5) is 23.2. The van der Waals surface area contributed by atoms with Gasteiger partial charge < -0.3 is 9.47 Å². The van der Waals surface area contributed by atoms with Gasteiger partial charge in [-0.1, -0.05) is 103 Å². The molecule has 0 amide bonds. The molecule has 0 unspecified atom stereocenters. The zero-order valence-corrected chi connectivity index (χ0v) is 20.4. The lowest BCUT2D eigenvalue weighted by Gasteiger charge is -2.03. The Balaban J connectivity index is 3.45. The summed E-state index contributed by atoms with van der Waals surface area (Å²) in [5.41, 5.74) is 0. The molecule has 0 bridgehead atoms. The summed E-state index contributed by atoms with van der Waals surface area (Å²) >= 11 is 0. The van der Waals surface area contributed by atoms with Crippen LogP contribution in [0.2, 0.25) is 0 Å². The van der Waals surface area contributed by atoms with E-state index < -0.39 is 11.9 Å². The Labute approximate surface area is 191 Å². The highest BCUT2D eigenvalue weighted by Gasteiger charge is 2.01. The summed E-state index contributed by atoms with van der Waals surface area (Å²) in [6.45, 7) is 5.24. The van der Waals surface area contributed by atoms with Gasteiger partial charge in [-0.3, -0.25) is 0 Å². The van der Waals surface area contributed by atoms with E-state index in [0.29, 0.717) is 13.2 Å². The Kier molecular flexibility index (Phi) is 23.4. The number of unbranched alkanes of at least 4 members (excludes halogenated alkanes) is 14. The van der Waals surface area contributed by atoms with Crippen molar-refractivity contribution in [1.29, 1.82) is 0 Å². The molecule has 0 spiro atoms. The van der Waals surface area contributed by atoms with Crippen molar-refractivity contribution in [2.75, 3.05) is 13.2 Å². The van der Waals surface area contributed by atoms with Crippen LogP contribution in [-0.4, -0.2) is 25.2 Å². The quantitative estimate of drug-likeness (QED) is 0.0750. The van der Waals surface area contributed by atoms with Crippen LogP contribution >= 0.6 is 0 Å². The number of carbonyl (C=O) groups excluding carboxylic acids is 2. The second-order valence-corrected chi connectivity index (χ2v) is 8.31. The largest absolute Gasteiger partial charge is 0.463 e. The molecule has 0 heterocycles. The molecule has 0 atom stereocenters. The molecular weight excluding hydrogens is 388 g/mol.